The number of hydrogen-bond donors (Lipinski definition) is 2. The largest absolute Gasteiger partial charge is 0.388 e. The monoisotopic (exact) mass is 274 g/mol. The van der Waals surface area contributed by atoms with Crippen molar-refractivity contribution in [3.8, 4) is 5.69 Å². The molecule has 0 saturated carbocycles. The van der Waals surface area contributed by atoms with Gasteiger partial charge >= 0.3 is 0 Å². The topological polar surface area (TPSA) is 72.9 Å². The molecule has 5 nitrogen and oxygen atoms in total. The number of nitrogens with one attached hydrogen (secondary N) is 1. The lowest BCUT2D eigenvalue weighted by atomic mass is 10.3. The van der Waals surface area contributed by atoms with Gasteiger partial charge in [0, 0.05) is 24.6 Å². The van der Waals surface area contributed by atoms with E-state index < -0.39 is 0 Å². The number of hydrogen-bond acceptors (Lipinski definition) is 3. The second-order valence-corrected chi connectivity index (χ2v) is 4.33. The highest BCUT2D eigenvalue weighted by atomic mass is 32.1. The molecule has 19 heavy (non-hydrogen) atoms. The van der Waals surface area contributed by atoms with Crippen LogP contribution in [0, 0.1) is 0 Å². The summed E-state index contributed by atoms with van der Waals surface area (Å²) < 4.78 is 1.83. The Hall–Kier alpha value is -2.21. The number of pyridine rings is 1. The summed E-state index contributed by atoms with van der Waals surface area (Å²) in [6.07, 6.45) is 3.43. The second kappa shape index (κ2) is 5.62. The van der Waals surface area contributed by atoms with Crippen LogP contribution >= 0.6 is 12.2 Å². The second-order valence-electron chi connectivity index (χ2n) is 3.89. The Morgan fingerprint density at radius 3 is 3.00 bits per heavy atom. The van der Waals surface area contributed by atoms with E-state index in [4.69, 9.17) is 18.0 Å². The zero-order valence-corrected chi connectivity index (χ0v) is 11.3. The fourth-order valence-electron chi connectivity index (χ4n) is 1.75. The maximum absolute atomic E-state index is 11.8. The number of aromatic nitrogens is 2. The van der Waals surface area contributed by atoms with Crippen molar-refractivity contribution in [2.45, 2.75) is 6.92 Å². The van der Waals surface area contributed by atoms with Crippen LogP contribution in [0.4, 0.5) is 0 Å². The van der Waals surface area contributed by atoms with Gasteiger partial charge in [0.05, 0.1) is 5.69 Å². The van der Waals surface area contributed by atoms with Crippen LogP contribution < -0.4 is 11.1 Å². The summed E-state index contributed by atoms with van der Waals surface area (Å²) in [5.74, 6) is -0.201. The van der Waals surface area contributed by atoms with E-state index in [1.165, 1.54) is 0 Å². The van der Waals surface area contributed by atoms with Crippen LogP contribution in [0.5, 0.6) is 0 Å². The lowest BCUT2D eigenvalue weighted by Gasteiger charge is -2.09. The highest BCUT2D eigenvalue weighted by Gasteiger charge is 2.10. The van der Waals surface area contributed by atoms with E-state index in [-0.39, 0.29) is 5.91 Å². The Bertz CT molecular complexity index is 621. The summed E-state index contributed by atoms with van der Waals surface area (Å²) in [6, 6.07) is 7.17. The molecule has 0 aromatic carbocycles. The quantitative estimate of drug-likeness (QED) is 0.823. The van der Waals surface area contributed by atoms with Crippen molar-refractivity contribution >= 4 is 23.1 Å². The molecular weight excluding hydrogens is 260 g/mol. The molecule has 3 N–H and O–H groups in total. The molecule has 0 fully saturated rings. The van der Waals surface area contributed by atoms with E-state index >= 15 is 0 Å². The average molecular weight is 274 g/mol. The van der Waals surface area contributed by atoms with Gasteiger partial charge in [0.15, 0.2) is 0 Å². The molecule has 2 heterocycles. The normalized spacial score (nSPS) is 10.2. The van der Waals surface area contributed by atoms with Crippen molar-refractivity contribution < 1.29 is 4.79 Å². The van der Waals surface area contributed by atoms with E-state index in [0.717, 1.165) is 11.4 Å². The number of nitrogens with two attached hydrogens (primary N) is 1. The standard InChI is InChI=1S/C13H14N4OS/c1-2-15-13(18)10-8-9(5-6-16-10)17-7-3-4-11(17)12(14)19/h3-8H,2H2,1H3,(H2,14,19)(H,15,18). The van der Waals surface area contributed by atoms with Gasteiger partial charge in [-0.05, 0) is 31.2 Å². The van der Waals surface area contributed by atoms with Gasteiger partial charge in [-0.15, -0.1) is 0 Å². The molecule has 0 unspecified atom stereocenters. The molecule has 0 radical (unpaired) electrons. The molecule has 2 rings (SSSR count). The Balaban J connectivity index is 2.41. The fourth-order valence-corrected chi connectivity index (χ4v) is 1.92. The third-order valence-corrected chi connectivity index (χ3v) is 2.80. The maximum atomic E-state index is 11.8. The SMILES string of the molecule is CCNC(=O)c1cc(-n2cccc2C(N)=S)ccn1. The van der Waals surface area contributed by atoms with Crippen molar-refractivity contribution in [1.29, 1.82) is 0 Å². The smallest absolute Gasteiger partial charge is 0.269 e. The number of amides is 1. The first-order valence-corrected chi connectivity index (χ1v) is 6.26. The van der Waals surface area contributed by atoms with Gasteiger partial charge in [0.1, 0.15) is 10.7 Å². The van der Waals surface area contributed by atoms with Gasteiger partial charge in [-0.2, -0.15) is 0 Å². The molecule has 0 bridgehead atoms. The molecule has 0 aliphatic heterocycles. The van der Waals surface area contributed by atoms with Gasteiger partial charge < -0.3 is 15.6 Å². The van der Waals surface area contributed by atoms with Crippen LogP contribution in [-0.2, 0) is 0 Å². The van der Waals surface area contributed by atoms with Gasteiger partial charge in [-0.1, -0.05) is 12.2 Å². The number of thiocarbonyl (C=S) groups is 1. The van der Waals surface area contributed by atoms with Crippen LogP contribution in [0.15, 0.2) is 36.7 Å². The average Bonchev–Trinajstić information content (AvgIpc) is 2.88. The lowest BCUT2D eigenvalue weighted by molar-refractivity contribution is 0.0951. The minimum atomic E-state index is -0.201. The molecular formula is C13H14N4OS. The predicted molar refractivity (Wildman–Crippen MR) is 77.5 cm³/mol. The number of carbonyl (C=O) groups is 1. The van der Waals surface area contributed by atoms with Crippen molar-refractivity contribution in [3.05, 3.63) is 48.0 Å². The van der Waals surface area contributed by atoms with E-state index in [9.17, 15) is 4.79 Å². The first-order valence-electron chi connectivity index (χ1n) is 5.85. The minimum Gasteiger partial charge on any atom is -0.388 e. The molecule has 0 aliphatic carbocycles. The highest BCUT2D eigenvalue weighted by molar-refractivity contribution is 7.80. The Morgan fingerprint density at radius 1 is 1.53 bits per heavy atom. The number of rotatable bonds is 4. The molecule has 0 aliphatic rings. The third kappa shape index (κ3) is 2.79. The Kier molecular flexibility index (Phi) is 3.91. The minimum absolute atomic E-state index is 0.201. The summed E-state index contributed by atoms with van der Waals surface area (Å²) in [6.45, 7) is 2.42. The van der Waals surface area contributed by atoms with Gasteiger partial charge in [-0.25, -0.2) is 0 Å². The molecule has 1 amide bonds. The Labute approximate surface area is 116 Å². The summed E-state index contributed by atoms with van der Waals surface area (Å²) in [7, 11) is 0. The van der Waals surface area contributed by atoms with Crippen molar-refractivity contribution in [2.24, 2.45) is 5.73 Å². The van der Waals surface area contributed by atoms with Gasteiger partial charge in [0.2, 0.25) is 0 Å². The first kappa shape index (κ1) is 13.2. The van der Waals surface area contributed by atoms with E-state index in [0.29, 0.717) is 17.2 Å². The fraction of sp³-hybridized carbons (Fsp3) is 0.154. The molecule has 2 aromatic rings. The molecule has 6 heteroatoms. The van der Waals surface area contributed by atoms with Crippen LogP contribution in [0.1, 0.15) is 23.1 Å². The number of nitrogens with zero attached hydrogens (tertiary/aromatic N) is 2. The highest BCUT2D eigenvalue weighted by Crippen LogP contribution is 2.13. The predicted octanol–water partition coefficient (Wildman–Crippen LogP) is 1.26. The van der Waals surface area contributed by atoms with E-state index in [1.54, 1.807) is 18.3 Å². The van der Waals surface area contributed by atoms with E-state index in [1.807, 2.05) is 29.8 Å². The summed E-state index contributed by atoms with van der Waals surface area (Å²) in [4.78, 5) is 16.1. The molecule has 2 aromatic heterocycles. The van der Waals surface area contributed by atoms with Crippen molar-refractivity contribution in [3.63, 3.8) is 0 Å². The molecule has 0 saturated heterocycles. The first-order chi connectivity index (χ1) is 9.13. The van der Waals surface area contributed by atoms with Gasteiger partial charge in [0.25, 0.3) is 5.91 Å². The van der Waals surface area contributed by atoms with Crippen LogP contribution in [0.25, 0.3) is 5.69 Å². The lowest BCUT2D eigenvalue weighted by Crippen LogP contribution is -2.24. The molecule has 0 atom stereocenters. The Morgan fingerprint density at radius 2 is 2.32 bits per heavy atom. The van der Waals surface area contributed by atoms with Gasteiger partial charge in [-0.3, -0.25) is 9.78 Å². The van der Waals surface area contributed by atoms with Crippen LogP contribution in [0.3, 0.4) is 0 Å². The van der Waals surface area contributed by atoms with Crippen molar-refractivity contribution in [1.82, 2.24) is 14.9 Å². The van der Waals surface area contributed by atoms with Crippen molar-refractivity contribution in [2.75, 3.05) is 6.54 Å². The zero-order valence-electron chi connectivity index (χ0n) is 10.5. The molecule has 98 valence electrons. The summed E-state index contributed by atoms with van der Waals surface area (Å²) >= 11 is 4.99. The molecule has 0 spiro atoms. The zero-order chi connectivity index (χ0) is 13.8. The summed E-state index contributed by atoms with van der Waals surface area (Å²) in [5.41, 5.74) is 7.54. The maximum Gasteiger partial charge on any atom is 0.269 e. The van der Waals surface area contributed by atoms with Crippen LogP contribution in [0.2, 0.25) is 0 Å². The number of carbonyl (C=O) groups excluding carboxylic acids is 1. The summed E-state index contributed by atoms with van der Waals surface area (Å²) in [5, 5.41) is 2.71. The van der Waals surface area contributed by atoms with E-state index in [2.05, 4.69) is 10.3 Å². The third-order valence-electron chi connectivity index (χ3n) is 2.59. The van der Waals surface area contributed by atoms with Crippen LogP contribution in [-0.4, -0.2) is 27.0 Å².